The van der Waals surface area contributed by atoms with E-state index in [1.54, 1.807) is 7.05 Å². The van der Waals surface area contributed by atoms with Crippen molar-refractivity contribution in [3.05, 3.63) is 22.7 Å². The van der Waals surface area contributed by atoms with Crippen LogP contribution < -0.4 is 10.2 Å². The number of aliphatic hydroxyl groups is 1. The van der Waals surface area contributed by atoms with E-state index < -0.39 is 0 Å². The summed E-state index contributed by atoms with van der Waals surface area (Å²) in [5.41, 5.74) is 0.832. The number of nitrogens with zero attached hydrogens (tertiary/aromatic N) is 1. The van der Waals surface area contributed by atoms with Crippen LogP contribution in [0.2, 0.25) is 5.02 Å². The molecule has 6 heteroatoms. The molecule has 0 fully saturated rings. The predicted molar refractivity (Wildman–Crippen MR) is 57.8 cm³/mol. The Morgan fingerprint density at radius 1 is 1.60 bits per heavy atom. The van der Waals surface area contributed by atoms with E-state index in [4.69, 9.17) is 22.0 Å². The minimum Gasteiger partial charge on any atom is -0.392 e. The van der Waals surface area contributed by atoms with Crippen LogP contribution in [0.5, 0.6) is 5.75 Å². The molecule has 0 spiro atoms. The van der Waals surface area contributed by atoms with E-state index >= 15 is 0 Å². The predicted octanol–water partition coefficient (Wildman–Crippen LogP) is 1.56. The van der Waals surface area contributed by atoms with Gasteiger partial charge in [0.1, 0.15) is 0 Å². The van der Waals surface area contributed by atoms with Crippen molar-refractivity contribution in [1.82, 2.24) is 5.32 Å². The second-order valence-electron chi connectivity index (χ2n) is 2.71. The Kier molecular flexibility index (Phi) is 4.36. The van der Waals surface area contributed by atoms with Gasteiger partial charge >= 0.3 is 0 Å². The van der Waals surface area contributed by atoms with E-state index in [9.17, 15) is 0 Å². The van der Waals surface area contributed by atoms with Crippen molar-refractivity contribution >= 4 is 23.6 Å². The quantitative estimate of drug-likeness (QED) is 0.318. The third-order valence-electron chi connectivity index (χ3n) is 1.73. The van der Waals surface area contributed by atoms with E-state index in [2.05, 4.69) is 15.2 Å². The van der Waals surface area contributed by atoms with E-state index in [1.807, 2.05) is 0 Å². The second kappa shape index (κ2) is 5.55. The van der Waals surface area contributed by atoms with Crippen LogP contribution in [-0.2, 0) is 6.61 Å². The highest BCUT2D eigenvalue weighted by molar-refractivity contribution is 6.33. The number of benzene rings is 1. The van der Waals surface area contributed by atoms with Crippen molar-refractivity contribution in [2.45, 2.75) is 6.61 Å². The SMILES string of the molecule is CN/C=N/c1cc(OO)c(CO)cc1Cl. The van der Waals surface area contributed by atoms with Crippen molar-refractivity contribution < 1.29 is 15.3 Å². The Balaban J connectivity index is 3.13. The van der Waals surface area contributed by atoms with E-state index in [1.165, 1.54) is 18.5 Å². The maximum Gasteiger partial charge on any atom is 0.172 e. The summed E-state index contributed by atoms with van der Waals surface area (Å²) in [4.78, 5) is 8.07. The number of aliphatic imine (C=N–C) groups is 1. The van der Waals surface area contributed by atoms with Crippen LogP contribution in [0, 0.1) is 0 Å². The first-order valence-corrected chi connectivity index (χ1v) is 4.55. The van der Waals surface area contributed by atoms with Crippen LogP contribution in [0.4, 0.5) is 5.69 Å². The molecule has 0 saturated heterocycles. The topological polar surface area (TPSA) is 74.1 Å². The fourth-order valence-electron chi connectivity index (χ4n) is 1.03. The van der Waals surface area contributed by atoms with Crippen LogP contribution in [0.3, 0.4) is 0 Å². The zero-order chi connectivity index (χ0) is 11.3. The summed E-state index contributed by atoms with van der Waals surface area (Å²) in [5, 5.41) is 20.6. The molecule has 3 N–H and O–H groups in total. The molecule has 0 amide bonds. The van der Waals surface area contributed by atoms with Gasteiger partial charge in [-0.1, -0.05) is 11.6 Å². The van der Waals surface area contributed by atoms with Crippen molar-refractivity contribution in [3.8, 4) is 5.75 Å². The largest absolute Gasteiger partial charge is 0.392 e. The minimum absolute atomic E-state index is 0.130. The first-order chi connectivity index (χ1) is 7.22. The molecule has 0 heterocycles. The highest BCUT2D eigenvalue weighted by Gasteiger charge is 2.08. The fraction of sp³-hybridized carbons (Fsp3) is 0.222. The third-order valence-corrected chi connectivity index (χ3v) is 2.03. The van der Waals surface area contributed by atoms with Gasteiger partial charge in [-0.25, -0.2) is 10.2 Å². The average molecular weight is 231 g/mol. The summed E-state index contributed by atoms with van der Waals surface area (Å²) in [5.74, 6) is 0.130. The summed E-state index contributed by atoms with van der Waals surface area (Å²) >= 11 is 5.88. The van der Waals surface area contributed by atoms with E-state index in [0.717, 1.165) is 0 Å². The summed E-state index contributed by atoms with van der Waals surface area (Å²) in [6, 6.07) is 2.91. The summed E-state index contributed by atoms with van der Waals surface area (Å²) in [7, 11) is 1.70. The zero-order valence-corrected chi connectivity index (χ0v) is 8.82. The number of halogens is 1. The number of nitrogens with one attached hydrogen (secondary N) is 1. The smallest absolute Gasteiger partial charge is 0.172 e. The van der Waals surface area contributed by atoms with E-state index in [0.29, 0.717) is 16.3 Å². The third kappa shape index (κ3) is 2.82. The lowest BCUT2D eigenvalue weighted by Gasteiger charge is -2.06. The highest BCUT2D eigenvalue weighted by atomic mass is 35.5. The Bertz CT molecular complexity index is 369. The van der Waals surface area contributed by atoms with Gasteiger partial charge in [0.2, 0.25) is 0 Å². The van der Waals surface area contributed by atoms with Crippen LogP contribution in [0.25, 0.3) is 0 Å². The van der Waals surface area contributed by atoms with Gasteiger partial charge in [0.05, 0.1) is 23.7 Å². The standard InChI is InChI=1S/C9H11ClN2O3/c1-11-5-12-8-3-9(15-14)6(4-13)2-7(8)10/h2-3,5,13-14H,4H2,1H3,(H,11,12). The van der Waals surface area contributed by atoms with Gasteiger partial charge in [0.25, 0.3) is 0 Å². The van der Waals surface area contributed by atoms with Gasteiger partial charge in [-0.3, -0.25) is 0 Å². The molecule has 0 unspecified atom stereocenters. The molecular formula is C9H11ClN2O3. The second-order valence-corrected chi connectivity index (χ2v) is 3.11. The lowest BCUT2D eigenvalue weighted by atomic mass is 10.2. The lowest BCUT2D eigenvalue weighted by Crippen LogP contribution is -2.00. The van der Waals surface area contributed by atoms with Gasteiger partial charge in [-0.05, 0) is 6.07 Å². The molecule has 0 saturated carbocycles. The molecule has 82 valence electrons. The molecule has 0 bridgehead atoms. The fourth-order valence-corrected chi connectivity index (χ4v) is 1.26. The highest BCUT2D eigenvalue weighted by Crippen LogP contribution is 2.32. The molecule has 5 nitrogen and oxygen atoms in total. The monoisotopic (exact) mass is 230 g/mol. The molecule has 0 aromatic heterocycles. The van der Waals surface area contributed by atoms with Crippen molar-refractivity contribution in [1.29, 1.82) is 0 Å². The van der Waals surface area contributed by atoms with Crippen LogP contribution in [0.1, 0.15) is 5.56 Å². The van der Waals surface area contributed by atoms with E-state index in [-0.39, 0.29) is 12.4 Å². The molecule has 0 radical (unpaired) electrons. The molecule has 1 aromatic rings. The van der Waals surface area contributed by atoms with Crippen LogP contribution >= 0.6 is 11.6 Å². The number of hydrogen-bond donors (Lipinski definition) is 3. The maximum absolute atomic E-state index is 8.94. The number of aliphatic hydroxyl groups excluding tert-OH is 1. The molecule has 0 aliphatic rings. The summed E-state index contributed by atoms with van der Waals surface area (Å²) in [6.07, 6.45) is 1.45. The minimum atomic E-state index is -0.272. The Hall–Kier alpha value is -1.30. The average Bonchev–Trinajstić information content (AvgIpc) is 2.27. The molecule has 0 atom stereocenters. The van der Waals surface area contributed by atoms with Gasteiger partial charge in [-0.15, -0.1) is 0 Å². The van der Waals surface area contributed by atoms with Crippen molar-refractivity contribution in [2.75, 3.05) is 7.05 Å². The Morgan fingerprint density at radius 3 is 2.87 bits per heavy atom. The molecule has 0 aliphatic heterocycles. The van der Waals surface area contributed by atoms with Gasteiger partial charge in [0.15, 0.2) is 5.75 Å². The Labute approximate surface area is 91.9 Å². The molecular weight excluding hydrogens is 220 g/mol. The zero-order valence-electron chi connectivity index (χ0n) is 8.07. The number of hydrogen-bond acceptors (Lipinski definition) is 4. The van der Waals surface area contributed by atoms with Crippen LogP contribution in [-0.4, -0.2) is 23.7 Å². The molecule has 1 aromatic carbocycles. The molecule has 1 rings (SSSR count). The number of rotatable bonds is 4. The Morgan fingerprint density at radius 2 is 2.33 bits per heavy atom. The summed E-state index contributed by atoms with van der Waals surface area (Å²) in [6.45, 7) is -0.272. The van der Waals surface area contributed by atoms with Crippen molar-refractivity contribution in [3.63, 3.8) is 0 Å². The van der Waals surface area contributed by atoms with Gasteiger partial charge < -0.3 is 15.3 Å². The maximum atomic E-state index is 8.94. The lowest BCUT2D eigenvalue weighted by molar-refractivity contribution is -0.138. The van der Waals surface area contributed by atoms with Crippen LogP contribution in [0.15, 0.2) is 17.1 Å². The summed E-state index contributed by atoms with van der Waals surface area (Å²) < 4.78 is 0. The molecule has 15 heavy (non-hydrogen) atoms. The van der Waals surface area contributed by atoms with Gasteiger partial charge in [-0.2, -0.15) is 0 Å². The molecule has 0 aliphatic carbocycles. The van der Waals surface area contributed by atoms with Gasteiger partial charge in [0, 0.05) is 18.7 Å². The first kappa shape index (κ1) is 11.8. The van der Waals surface area contributed by atoms with Crippen molar-refractivity contribution in [2.24, 2.45) is 4.99 Å². The normalized spacial score (nSPS) is 10.7. The first-order valence-electron chi connectivity index (χ1n) is 4.17.